The Morgan fingerprint density at radius 3 is 2.68 bits per heavy atom. The van der Waals surface area contributed by atoms with Crippen molar-refractivity contribution in [3.63, 3.8) is 0 Å². The number of hydrogen-bond donors (Lipinski definition) is 1. The standard InChI is InChI=1S/C25H30N4O2/c1-25(2,3)14-21-22-19(13-20(16-9-10-16)27-23(22)31-28-21)24(30)29-12-11-18(15-29)26-17-7-5-4-6-8-17/h4-8,13,16,18,26H,9-12,14-15H2,1-3H3. The number of likely N-dealkylation sites (tertiary alicyclic amines) is 1. The van der Waals surface area contributed by atoms with Crippen LogP contribution in [0.4, 0.5) is 5.69 Å². The van der Waals surface area contributed by atoms with Crippen molar-refractivity contribution in [2.45, 2.75) is 58.4 Å². The van der Waals surface area contributed by atoms with E-state index in [4.69, 9.17) is 9.51 Å². The van der Waals surface area contributed by atoms with E-state index in [2.05, 4.69) is 43.4 Å². The van der Waals surface area contributed by atoms with Gasteiger partial charge < -0.3 is 14.7 Å². The molecule has 3 heterocycles. The normalized spacial score (nSPS) is 19.2. The average molecular weight is 419 g/mol. The maximum Gasteiger partial charge on any atom is 0.259 e. The molecule has 2 fully saturated rings. The smallest absolute Gasteiger partial charge is 0.259 e. The molecule has 6 nitrogen and oxygen atoms in total. The van der Waals surface area contributed by atoms with Gasteiger partial charge in [-0.25, -0.2) is 4.98 Å². The number of nitrogens with zero attached hydrogens (tertiary/aromatic N) is 3. The molecule has 1 aromatic carbocycles. The lowest BCUT2D eigenvalue weighted by molar-refractivity contribution is 0.0793. The van der Waals surface area contributed by atoms with Crippen molar-refractivity contribution in [1.29, 1.82) is 0 Å². The predicted octanol–water partition coefficient (Wildman–Crippen LogP) is 5.02. The number of nitrogens with one attached hydrogen (secondary N) is 1. The number of carbonyl (C=O) groups excluding carboxylic acids is 1. The zero-order valence-electron chi connectivity index (χ0n) is 18.5. The van der Waals surface area contributed by atoms with Crippen molar-refractivity contribution in [3.8, 4) is 0 Å². The van der Waals surface area contributed by atoms with E-state index in [1.165, 1.54) is 0 Å². The third-order valence-corrected chi connectivity index (χ3v) is 6.08. The number of anilines is 1. The summed E-state index contributed by atoms with van der Waals surface area (Å²) in [5, 5.41) is 8.67. The molecule has 0 bridgehead atoms. The molecule has 0 radical (unpaired) electrons. The van der Waals surface area contributed by atoms with Gasteiger partial charge in [0.25, 0.3) is 11.6 Å². The summed E-state index contributed by atoms with van der Waals surface area (Å²) in [6.07, 6.45) is 3.93. The Labute approximate surface area is 183 Å². The minimum atomic E-state index is 0.0393. The van der Waals surface area contributed by atoms with Crippen LogP contribution in [0.5, 0.6) is 0 Å². The van der Waals surface area contributed by atoms with Crippen LogP contribution >= 0.6 is 0 Å². The molecule has 1 saturated heterocycles. The molecule has 31 heavy (non-hydrogen) atoms. The first kappa shape index (κ1) is 20.0. The van der Waals surface area contributed by atoms with Crippen molar-refractivity contribution < 1.29 is 9.32 Å². The van der Waals surface area contributed by atoms with E-state index in [1.807, 2.05) is 29.2 Å². The van der Waals surface area contributed by atoms with Gasteiger partial charge in [-0.1, -0.05) is 44.1 Å². The largest absolute Gasteiger partial charge is 0.380 e. The van der Waals surface area contributed by atoms with E-state index in [0.29, 0.717) is 23.7 Å². The van der Waals surface area contributed by atoms with Gasteiger partial charge in [0.2, 0.25) is 0 Å². The Balaban J connectivity index is 1.44. The Morgan fingerprint density at radius 1 is 1.19 bits per heavy atom. The molecule has 5 rings (SSSR count). The van der Waals surface area contributed by atoms with E-state index >= 15 is 0 Å². The van der Waals surface area contributed by atoms with Crippen molar-refractivity contribution >= 4 is 22.7 Å². The second kappa shape index (κ2) is 7.66. The van der Waals surface area contributed by atoms with Gasteiger partial charge in [0.15, 0.2) is 0 Å². The molecule has 2 aromatic heterocycles. The van der Waals surface area contributed by atoms with Crippen LogP contribution in [0.15, 0.2) is 40.9 Å². The Hall–Kier alpha value is -2.89. The summed E-state index contributed by atoms with van der Waals surface area (Å²) in [6, 6.07) is 12.4. The van der Waals surface area contributed by atoms with E-state index < -0.39 is 0 Å². The fourth-order valence-electron chi connectivity index (χ4n) is 4.41. The second-order valence-electron chi connectivity index (χ2n) is 10.2. The van der Waals surface area contributed by atoms with Crippen molar-refractivity contribution in [2.24, 2.45) is 5.41 Å². The molecule has 2 aliphatic rings. The van der Waals surface area contributed by atoms with Crippen LogP contribution in [0, 0.1) is 5.41 Å². The number of amides is 1. The van der Waals surface area contributed by atoms with Crippen LogP contribution in [0.25, 0.3) is 11.1 Å². The summed E-state index contributed by atoms with van der Waals surface area (Å²) in [5.41, 5.74) is 4.14. The lowest BCUT2D eigenvalue weighted by Gasteiger charge is -2.19. The second-order valence-corrected chi connectivity index (χ2v) is 10.2. The topological polar surface area (TPSA) is 71.3 Å². The average Bonchev–Trinajstić information content (AvgIpc) is 3.37. The number of pyridine rings is 1. The molecule has 1 saturated carbocycles. The Bertz CT molecular complexity index is 1100. The molecule has 162 valence electrons. The first-order valence-electron chi connectivity index (χ1n) is 11.3. The van der Waals surface area contributed by atoms with Gasteiger partial charge >= 0.3 is 0 Å². The number of carbonyl (C=O) groups is 1. The zero-order valence-corrected chi connectivity index (χ0v) is 18.5. The minimum Gasteiger partial charge on any atom is -0.380 e. The minimum absolute atomic E-state index is 0.0393. The molecule has 1 aliphatic heterocycles. The van der Waals surface area contributed by atoms with Crippen LogP contribution in [0.1, 0.15) is 67.7 Å². The summed E-state index contributed by atoms with van der Waals surface area (Å²) in [5.74, 6) is 0.503. The first-order chi connectivity index (χ1) is 14.9. The molecular weight excluding hydrogens is 388 g/mol. The molecule has 1 aliphatic carbocycles. The van der Waals surface area contributed by atoms with Gasteiger partial charge in [-0.05, 0) is 49.3 Å². The number of aromatic nitrogens is 2. The van der Waals surface area contributed by atoms with E-state index in [-0.39, 0.29) is 17.4 Å². The van der Waals surface area contributed by atoms with Gasteiger partial charge in [-0.2, -0.15) is 0 Å². The monoisotopic (exact) mass is 418 g/mol. The van der Waals surface area contributed by atoms with Crippen molar-refractivity contribution in [1.82, 2.24) is 15.0 Å². The summed E-state index contributed by atoms with van der Waals surface area (Å²) < 4.78 is 5.62. The molecular formula is C25H30N4O2. The number of benzene rings is 1. The molecule has 1 atom stereocenters. The van der Waals surface area contributed by atoms with E-state index in [0.717, 1.165) is 54.7 Å². The van der Waals surface area contributed by atoms with Crippen LogP contribution in [0.2, 0.25) is 0 Å². The SMILES string of the molecule is CC(C)(C)Cc1noc2nc(C3CC3)cc(C(=O)N3CCC(Nc4ccccc4)C3)c12. The third kappa shape index (κ3) is 4.29. The highest BCUT2D eigenvalue weighted by atomic mass is 16.5. The first-order valence-corrected chi connectivity index (χ1v) is 11.3. The van der Waals surface area contributed by atoms with Gasteiger partial charge in [0.1, 0.15) is 0 Å². The van der Waals surface area contributed by atoms with Crippen molar-refractivity contribution in [2.75, 3.05) is 18.4 Å². The number of para-hydroxylation sites is 1. The van der Waals surface area contributed by atoms with Gasteiger partial charge in [0.05, 0.1) is 16.6 Å². The Kier molecular flexibility index (Phi) is 4.95. The summed E-state index contributed by atoms with van der Waals surface area (Å²) >= 11 is 0. The summed E-state index contributed by atoms with van der Waals surface area (Å²) in [7, 11) is 0. The quantitative estimate of drug-likeness (QED) is 0.630. The number of hydrogen-bond acceptors (Lipinski definition) is 5. The van der Waals surface area contributed by atoms with Crippen LogP contribution in [-0.2, 0) is 6.42 Å². The molecule has 1 amide bonds. The fraction of sp³-hybridized carbons (Fsp3) is 0.480. The highest BCUT2D eigenvalue weighted by molar-refractivity contribution is 6.06. The molecule has 3 aromatic rings. The fourth-order valence-corrected chi connectivity index (χ4v) is 4.41. The lowest BCUT2D eigenvalue weighted by atomic mass is 9.89. The van der Waals surface area contributed by atoms with Crippen LogP contribution < -0.4 is 5.32 Å². The highest BCUT2D eigenvalue weighted by Crippen LogP contribution is 2.41. The predicted molar refractivity (Wildman–Crippen MR) is 121 cm³/mol. The highest BCUT2D eigenvalue weighted by Gasteiger charge is 2.33. The van der Waals surface area contributed by atoms with Crippen LogP contribution in [0.3, 0.4) is 0 Å². The third-order valence-electron chi connectivity index (χ3n) is 6.08. The van der Waals surface area contributed by atoms with Crippen LogP contribution in [-0.4, -0.2) is 40.1 Å². The summed E-state index contributed by atoms with van der Waals surface area (Å²) in [4.78, 5) is 20.3. The van der Waals surface area contributed by atoms with Gasteiger partial charge in [0, 0.05) is 36.4 Å². The maximum atomic E-state index is 13.7. The van der Waals surface area contributed by atoms with Gasteiger partial charge in [-0.3, -0.25) is 4.79 Å². The zero-order chi connectivity index (χ0) is 21.6. The molecule has 1 N–H and O–H groups in total. The van der Waals surface area contributed by atoms with E-state index in [1.54, 1.807) is 0 Å². The Morgan fingerprint density at radius 2 is 1.97 bits per heavy atom. The maximum absolute atomic E-state index is 13.7. The summed E-state index contributed by atoms with van der Waals surface area (Å²) in [6.45, 7) is 7.94. The molecule has 1 unspecified atom stereocenters. The van der Waals surface area contributed by atoms with Gasteiger partial charge in [-0.15, -0.1) is 0 Å². The van der Waals surface area contributed by atoms with E-state index in [9.17, 15) is 4.79 Å². The number of rotatable bonds is 5. The number of fused-ring (bicyclic) bond motifs is 1. The van der Waals surface area contributed by atoms with Crippen molar-refractivity contribution in [3.05, 3.63) is 53.3 Å². The molecule has 0 spiro atoms. The molecule has 6 heteroatoms. The lowest BCUT2D eigenvalue weighted by Crippen LogP contribution is -2.32.